The van der Waals surface area contributed by atoms with Crippen molar-refractivity contribution in [1.82, 2.24) is 4.90 Å². The molecular weight excluding hydrogens is 244 g/mol. The van der Waals surface area contributed by atoms with Crippen molar-refractivity contribution in [3.63, 3.8) is 0 Å². The lowest BCUT2D eigenvalue weighted by Crippen LogP contribution is -2.35. The molecule has 2 rings (SSSR count). The lowest BCUT2D eigenvalue weighted by atomic mass is 9.86. The Balaban J connectivity index is 1.99. The van der Waals surface area contributed by atoms with Gasteiger partial charge >= 0.3 is 0 Å². The topological polar surface area (TPSA) is 29.3 Å². The molecule has 0 amide bonds. The molecule has 1 fully saturated rings. The van der Waals surface area contributed by atoms with Crippen LogP contribution in [0.3, 0.4) is 0 Å². The van der Waals surface area contributed by atoms with Crippen LogP contribution in [0.4, 0.5) is 5.69 Å². The van der Waals surface area contributed by atoms with Crippen molar-refractivity contribution in [2.45, 2.75) is 45.2 Å². The molecular formula is C15H23ClN2. The number of hydrogen-bond donors (Lipinski definition) is 1. The smallest absolute Gasteiger partial charge is 0.0471 e. The van der Waals surface area contributed by atoms with E-state index in [9.17, 15) is 0 Å². The van der Waals surface area contributed by atoms with Gasteiger partial charge in [-0.15, -0.1) is 0 Å². The number of halogens is 1. The molecule has 2 unspecified atom stereocenters. The summed E-state index contributed by atoms with van der Waals surface area (Å²) in [4.78, 5) is 2.44. The van der Waals surface area contributed by atoms with Crippen LogP contribution in [-0.4, -0.2) is 18.0 Å². The summed E-state index contributed by atoms with van der Waals surface area (Å²) in [5.74, 6) is 0.855. The number of benzene rings is 1. The van der Waals surface area contributed by atoms with Crippen molar-refractivity contribution >= 4 is 17.3 Å². The fraction of sp³-hybridized carbons (Fsp3) is 0.600. The highest BCUT2D eigenvalue weighted by molar-refractivity contribution is 6.31. The van der Waals surface area contributed by atoms with E-state index in [1.807, 2.05) is 18.2 Å². The van der Waals surface area contributed by atoms with E-state index in [0.717, 1.165) is 23.2 Å². The maximum atomic E-state index is 6.23. The first-order valence-corrected chi connectivity index (χ1v) is 7.18. The summed E-state index contributed by atoms with van der Waals surface area (Å²) in [6.45, 7) is 3.27. The summed E-state index contributed by atoms with van der Waals surface area (Å²) >= 11 is 6.23. The van der Waals surface area contributed by atoms with Crippen LogP contribution in [0.1, 0.15) is 38.2 Å². The van der Waals surface area contributed by atoms with E-state index >= 15 is 0 Å². The van der Waals surface area contributed by atoms with Gasteiger partial charge in [-0.3, -0.25) is 4.90 Å². The summed E-state index contributed by atoms with van der Waals surface area (Å²) in [6.07, 6.45) is 5.36. The number of anilines is 1. The first-order chi connectivity index (χ1) is 8.56. The van der Waals surface area contributed by atoms with Gasteiger partial charge in [-0.1, -0.05) is 37.4 Å². The van der Waals surface area contributed by atoms with Gasteiger partial charge in [0.15, 0.2) is 0 Å². The molecule has 0 saturated heterocycles. The molecule has 18 heavy (non-hydrogen) atoms. The van der Waals surface area contributed by atoms with E-state index in [4.69, 9.17) is 17.3 Å². The van der Waals surface area contributed by atoms with Crippen LogP contribution in [0, 0.1) is 5.92 Å². The Bertz CT molecular complexity index is 405. The molecule has 100 valence electrons. The first kappa shape index (κ1) is 13.7. The summed E-state index contributed by atoms with van der Waals surface area (Å²) in [6, 6.07) is 6.51. The monoisotopic (exact) mass is 266 g/mol. The lowest BCUT2D eigenvalue weighted by Gasteiger charge is -2.34. The molecule has 1 saturated carbocycles. The fourth-order valence-corrected chi connectivity index (χ4v) is 3.14. The summed E-state index contributed by atoms with van der Waals surface area (Å²) in [7, 11) is 2.20. The number of hydrogen-bond acceptors (Lipinski definition) is 2. The van der Waals surface area contributed by atoms with Crippen LogP contribution in [0.25, 0.3) is 0 Å². The van der Waals surface area contributed by atoms with Crippen LogP contribution < -0.4 is 5.73 Å². The molecule has 1 aliphatic rings. The standard InChI is InChI=1S/C15H23ClN2/c1-11-4-3-5-14(8-11)18(2)10-12-6-7-13(17)9-15(12)16/h6-7,9,11,14H,3-5,8,10,17H2,1-2H3. The van der Waals surface area contributed by atoms with Gasteiger partial charge in [0.05, 0.1) is 0 Å². The Kier molecular flexibility index (Phi) is 4.52. The molecule has 1 aliphatic carbocycles. The van der Waals surface area contributed by atoms with Crippen LogP contribution in [0.15, 0.2) is 18.2 Å². The molecule has 1 aromatic carbocycles. The Labute approximate surface area is 115 Å². The number of rotatable bonds is 3. The zero-order valence-electron chi connectivity index (χ0n) is 11.3. The highest BCUT2D eigenvalue weighted by Crippen LogP contribution is 2.28. The second-order valence-electron chi connectivity index (χ2n) is 5.69. The quantitative estimate of drug-likeness (QED) is 0.840. The number of nitrogens with two attached hydrogens (primary N) is 1. The third kappa shape index (κ3) is 3.39. The van der Waals surface area contributed by atoms with Crippen molar-refractivity contribution in [1.29, 1.82) is 0 Å². The van der Waals surface area contributed by atoms with Gasteiger partial charge in [-0.05, 0) is 43.5 Å². The SMILES string of the molecule is CC1CCCC(N(C)Cc2ccc(N)cc2Cl)C1. The minimum Gasteiger partial charge on any atom is -0.399 e. The predicted octanol–water partition coefficient (Wildman–Crippen LogP) is 3.93. The van der Waals surface area contributed by atoms with Gasteiger partial charge in [-0.2, -0.15) is 0 Å². The Hall–Kier alpha value is -0.730. The van der Waals surface area contributed by atoms with Crippen LogP contribution in [-0.2, 0) is 6.54 Å². The zero-order valence-corrected chi connectivity index (χ0v) is 12.1. The van der Waals surface area contributed by atoms with Crippen molar-refractivity contribution in [2.24, 2.45) is 5.92 Å². The molecule has 2 N–H and O–H groups in total. The molecule has 0 spiro atoms. The maximum absolute atomic E-state index is 6.23. The van der Waals surface area contributed by atoms with E-state index in [-0.39, 0.29) is 0 Å². The Morgan fingerprint density at radius 1 is 1.39 bits per heavy atom. The van der Waals surface area contributed by atoms with E-state index in [2.05, 4.69) is 18.9 Å². The fourth-order valence-electron chi connectivity index (χ4n) is 2.89. The van der Waals surface area contributed by atoms with Crippen LogP contribution in [0.2, 0.25) is 5.02 Å². The summed E-state index contributed by atoms with van der Waals surface area (Å²) in [5, 5.41) is 0.783. The van der Waals surface area contributed by atoms with E-state index in [0.29, 0.717) is 6.04 Å². The van der Waals surface area contributed by atoms with Gasteiger partial charge in [-0.25, -0.2) is 0 Å². The average Bonchev–Trinajstić information content (AvgIpc) is 2.32. The molecule has 2 atom stereocenters. The third-order valence-electron chi connectivity index (χ3n) is 4.03. The molecule has 0 aliphatic heterocycles. The molecule has 2 nitrogen and oxygen atoms in total. The van der Waals surface area contributed by atoms with Gasteiger partial charge in [0.2, 0.25) is 0 Å². The van der Waals surface area contributed by atoms with Crippen LogP contribution >= 0.6 is 11.6 Å². The largest absolute Gasteiger partial charge is 0.399 e. The van der Waals surface area contributed by atoms with Gasteiger partial charge in [0, 0.05) is 23.3 Å². The first-order valence-electron chi connectivity index (χ1n) is 6.80. The number of nitrogens with zero attached hydrogens (tertiary/aromatic N) is 1. The van der Waals surface area contributed by atoms with Crippen molar-refractivity contribution in [3.8, 4) is 0 Å². The lowest BCUT2D eigenvalue weighted by molar-refractivity contribution is 0.158. The van der Waals surface area contributed by atoms with E-state index < -0.39 is 0 Å². The summed E-state index contributed by atoms with van der Waals surface area (Å²) in [5.41, 5.74) is 7.63. The number of nitrogen functional groups attached to an aromatic ring is 1. The highest BCUT2D eigenvalue weighted by atomic mass is 35.5. The minimum absolute atomic E-state index is 0.697. The highest BCUT2D eigenvalue weighted by Gasteiger charge is 2.22. The molecule has 0 radical (unpaired) electrons. The van der Waals surface area contributed by atoms with E-state index in [1.165, 1.54) is 31.2 Å². The Morgan fingerprint density at radius 2 is 2.17 bits per heavy atom. The molecule has 0 aromatic heterocycles. The molecule has 3 heteroatoms. The predicted molar refractivity (Wildman–Crippen MR) is 78.8 cm³/mol. The second-order valence-corrected chi connectivity index (χ2v) is 6.10. The van der Waals surface area contributed by atoms with Crippen molar-refractivity contribution in [3.05, 3.63) is 28.8 Å². The molecule has 0 bridgehead atoms. The maximum Gasteiger partial charge on any atom is 0.0471 e. The molecule has 0 heterocycles. The minimum atomic E-state index is 0.697. The van der Waals surface area contributed by atoms with Gasteiger partial charge in [0.1, 0.15) is 0 Å². The van der Waals surface area contributed by atoms with Crippen molar-refractivity contribution in [2.75, 3.05) is 12.8 Å². The normalized spacial score (nSPS) is 24.4. The van der Waals surface area contributed by atoms with Crippen LogP contribution in [0.5, 0.6) is 0 Å². The van der Waals surface area contributed by atoms with E-state index in [1.54, 1.807) is 0 Å². The third-order valence-corrected chi connectivity index (χ3v) is 4.38. The van der Waals surface area contributed by atoms with Crippen molar-refractivity contribution < 1.29 is 0 Å². The zero-order chi connectivity index (χ0) is 13.1. The molecule has 1 aromatic rings. The van der Waals surface area contributed by atoms with Gasteiger partial charge in [0.25, 0.3) is 0 Å². The van der Waals surface area contributed by atoms with Gasteiger partial charge < -0.3 is 5.73 Å². The average molecular weight is 267 g/mol. The second kappa shape index (κ2) is 5.94. The Morgan fingerprint density at radius 3 is 2.83 bits per heavy atom. The summed E-state index contributed by atoms with van der Waals surface area (Å²) < 4.78 is 0.